The van der Waals surface area contributed by atoms with Crippen LogP contribution in [0.25, 0.3) is 5.82 Å². The van der Waals surface area contributed by atoms with Crippen molar-refractivity contribution in [2.24, 2.45) is 0 Å². The first-order valence-electron chi connectivity index (χ1n) is 8.22. The predicted molar refractivity (Wildman–Crippen MR) is 95.1 cm³/mol. The van der Waals surface area contributed by atoms with Gasteiger partial charge in [0, 0.05) is 12.3 Å². The van der Waals surface area contributed by atoms with Crippen LogP contribution in [0, 0.1) is 0 Å². The normalized spacial score (nSPS) is 13.2. The second kappa shape index (κ2) is 7.28. The van der Waals surface area contributed by atoms with Gasteiger partial charge in [-0.05, 0) is 24.3 Å². The molecule has 1 aliphatic rings. The van der Waals surface area contributed by atoms with Crippen LogP contribution in [0.2, 0.25) is 5.02 Å². The van der Waals surface area contributed by atoms with Gasteiger partial charge in [-0.15, -0.1) is 0 Å². The number of halogens is 4. The summed E-state index contributed by atoms with van der Waals surface area (Å²) in [5.74, 6) is 1.24. The maximum Gasteiger partial charge on any atom is 0.417 e. The highest BCUT2D eigenvalue weighted by atomic mass is 35.5. The number of nitrogens with zero attached hydrogens (tertiary/aromatic N) is 3. The van der Waals surface area contributed by atoms with E-state index < -0.39 is 17.3 Å². The van der Waals surface area contributed by atoms with E-state index in [9.17, 15) is 18.0 Å². The van der Waals surface area contributed by atoms with Gasteiger partial charge in [-0.1, -0.05) is 11.6 Å². The van der Waals surface area contributed by atoms with E-state index in [2.05, 4.69) is 10.1 Å². The molecule has 0 unspecified atom stereocenters. The van der Waals surface area contributed by atoms with Crippen molar-refractivity contribution in [3.05, 3.63) is 63.7 Å². The molecule has 1 aromatic carbocycles. The largest absolute Gasteiger partial charge is 0.486 e. The van der Waals surface area contributed by atoms with Crippen molar-refractivity contribution >= 4 is 11.6 Å². The van der Waals surface area contributed by atoms with Gasteiger partial charge in [0.1, 0.15) is 19.0 Å². The molecule has 0 fully saturated rings. The average Bonchev–Trinajstić information content (AvgIpc) is 2.71. The zero-order chi connectivity index (χ0) is 20.6. The number of ether oxygens (including phenoxy) is 3. The second-order valence-corrected chi connectivity index (χ2v) is 6.23. The summed E-state index contributed by atoms with van der Waals surface area (Å²) in [7, 11) is 0. The molecular weight excluding hydrogens is 415 g/mol. The van der Waals surface area contributed by atoms with Crippen molar-refractivity contribution in [1.82, 2.24) is 14.8 Å². The Morgan fingerprint density at radius 1 is 1.07 bits per heavy atom. The van der Waals surface area contributed by atoms with Gasteiger partial charge in [0.15, 0.2) is 28.1 Å². The summed E-state index contributed by atoms with van der Waals surface area (Å²) >= 11 is 6.08. The van der Waals surface area contributed by atoms with E-state index in [1.165, 1.54) is 6.20 Å². The Balaban J connectivity index is 1.61. The fourth-order valence-electron chi connectivity index (χ4n) is 2.55. The summed E-state index contributed by atoms with van der Waals surface area (Å²) in [6, 6.07) is 6.65. The van der Waals surface area contributed by atoms with Gasteiger partial charge in [-0.2, -0.15) is 23.0 Å². The van der Waals surface area contributed by atoms with Gasteiger partial charge < -0.3 is 14.2 Å². The van der Waals surface area contributed by atoms with E-state index in [-0.39, 0.29) is 16.6 Å². The summed E-state index contributed by atoms with van der Waals surface area (Å²) in [5, 5.41) is 3.57. The van der Waals surface area contributed by atoms with Crippen LogP contribution in [-0.4, -0.2) is 28.0 Å². The highest BCUT2D eigenvalue weighted by molar-refractivity contribution is 6.31. The minimum absolute atomic E-state index is 0.0310. The van der Waals surface area contributed by atoms with Crippen molar-refractivity contribution in [3.8, 4) is 28.8 Å². The van der Waals surface area contributed by atoms with Crippen LogP contribution in [0.3, 0.4) is 0 Å². The van der Waals surface area contributed by atoms with Crippen LogP contribution >= 0.6 is 11.6 Å². The van der Waals surface area contributed by atoms with Gasteiger partial charge in [0.2, 0.25) is 0 Å². The lowest BCUT2D eigenvalue weighted by Crippen LogP contribution is -2.23. The number of fused-ring (bicyclic) bond motifs is 1. The van der Waals surface area contributed by atoms with Crippen LogP contribution in [0.4, 0.5) is 13.2 Å². The molecule has 1 aliphatic heterocycles. The highest BCUT2D eigenvalue weighted by Gasteiger charge is 2.30. The summed E-state index contributed by atoms with van der Waals surface area (Å²) in [6.45, 7) is 0.841. The molecular formula is C18H11ClF3N3O4. The first-order chi connectivity index (χ1) is 13.8. The van der Waals surface area contributed by atoms with E-state index in [1.54, 1.807) is 18.2 Å². The molecule has 2 aromatic heterocycles. The molecule has 0 spiro atoms. The molecule has 0 radical (unpaired) electrons. The Morgan fingerprint density at radius 3 is 2.52 bits per heavy atom. The van der Waals surface area contributed by atoms with Gasteiger partial charge in [0.25, 0.3) is 5.56 Å². The average molecular weight is 426 g/mol. The molecule has 150 valence electrons. The Hall–Kier alpha value is -3.27. The third kappa shape index (κ3) is 3.83. The van der Waals surface area contributed by atoms with E-state index in [0.29, 0.717) is 36.7 Å². The number of alkyl halides is 3. The topological polar surface area (TPSA) is 75.5 Å². The van der Waals surface area contributed by atoms with Crippen molar-refractivity contribution in [2.45, 2.75) is 6.18 Å². The fraction of sp³-hybridized carbons (Fsp3) is 0.167. The standard InChI is InChI=1S/C18H11ClF3N3O4/c19-16-14(29-11-2-3-12-13(7-11)28-6-5-27-12)9-24-25(17(16)26)15-4-1-10(8-23-15)18(20,21)22/h1-4,7-9H,5-6H2. The molecule has 0 aliphatic carbocycles. The fourth-order valence-corrected chi connectivity index (χ4v) is 2.71. The number of benzene rings is 1. The molecule has 0 N–H and O–H groups in total. The SMILES string of the molecule is O=c1c(Cl)c(Oc2ccc3c(c2)OCCO3)cnn1-c1ccc(C(F)(F)F)cn1. The maximum atomic E-state index is 12.7. The molecule has 3 heterocycles. The molecule has 0 saturated carbocycles. The third-order valence-corrected chi connectivity index (χ3v) is 4.27. The Morgan fingerprint density at radius 2 is 1.83 bits per heavy atom. The van der Waals surface area contributed by atoms with Crippen molar-refractivity contribution in [2.75, 3.05) is 13.2 Å². The Kier molecular flexibility index (Phi) is 4.79. The third-order valence-electron chi connectivity index (χ3n) is 3.92. The van der Waals surface area contributed by atoms with Crippen LogP contribution in [0.5, 0.6) is 23.0 Å². The molecule has 7 nitrogen and oxygen atoms in total. The van der Waals surface area contributed by atoms with E-state index >= 15 is 0 Å². The van der Waals surface area contributed by atoms with Gasteiger partial charge in [0.05, 0.1) is 11.8 Å². The summed E-state index contributed by atoms with van der Waals surface area (Å²) < 4.78 is 55.2. The van der Waals surface area contributed by atoms with Crippen LogP contribution < -0.4 is 19.8 Å². The molecule has 29 heavy (non-hydrogen) atoms. The lowest BCUT2D eigenvalue weighted by molar-refractivity contribution is -0.137. The second-order valence-electron chi connectivity index (χ2n) is 5.85. The summed E-state index contributed by atoms with van der Waals surface area (Å²) in [4.78, 5) is 16.1. The smallest absolute Gasteiger partial charge is 0.417 e. The van der Waals surface area contributed by atoms with Gasteiger partial charge in [-0.3, -0.25) is 4.79 Å². The molecule has 0 atom stereocenters. The first-order valence-corrected chi connectivity index (χ1v) is 8.60. The summed E-state index contributed by atoms with van der Waals surface area (Å²) in [6.07, 6.45) is -2.76. The summed E-state index contributed by atoms with van der Waals surface area (Å²) in [5.41, 5.74) is -1.74. The first kappa shape index (κ1) is 19.1. The molecule has 0 saturated heterocycles. The van der Waals surface area contributed by atoms with Crippen LogP contribution in [0.15, 0.2) is 47.5 Å². The van der Waals surface area contributed by atoms with Crippen molar-refractivity contribution in [1.29, 1.82) is 0 Å². The number of rotatable bonds is 3. The monoisotopic (exact) mass is 425 g/mol. The molecule has 0 amide bonds. The predicted octanol–water partition coefficient (Wildman–Crippen LogP) is 3.86. The van der Waals surface area contributed by atoms with Gasteiger partial charge >= 0.3 is 6.18 Å². The zero-order valence-electron chi connectivity index (χ0n) is 14.4. The van der Waals surface area contributed by atoms with Crippen LogP contribution in [0.1, 0.15) is 5.56 Å². The lowest BCUT2D eigenvalue weighted by Gasteiger charge is -2.19. The van der Waals surface area contributed by atoms with E-state index in [1.807, 2.05) is 0 Å². The number of aromatic nitrogens is 3. The van der Waals surface area contributed by atoms with Crippen molar-refractivity contribution in [3.63, 3.8) is 0 Å². The maximum absolute atomic E-state index is 12.7. The minimum atomic E-state index is -4.54. The molecule has 11 heteroatoms. The Labute approximate surface area is 166 Å². The van der Waals surface area contributed by atoms with Gasteiger partial charge in [-0.25, -0.2) is 4.98 Å². The van der Waals surface area contributed by atoms with E-state index in [4.69, 9.17) is 25.8 Å². The molecule has 4 rings (SSSR count). The highest BCUT2D eigenvalue weighted by Crippen LogP contribution is 2.36. The number of pyridine rings is 1. The number of hydrogen-bond donors (Lipinski definition) is 0. The molecule has 0 bridgehead atoms. The number of hydrogen-bond acceptors (Lipinski definition) is 6. The lowest BCUT2D eigenvalue weighted by atomic mass is 10.3. The van der Waals surface area contributed by atoms with Crippen molar-refractivity contribution < 1.29 is 27.4 Å². The van der Waals surface area contributed by atoms with E-state index in [0.717, 1.165) is 16.8 Å². The molecule has 3 aromatic rings. The zero-order valence-corrected chi connectivity index (χ0v) is 15.2. The van der Waals surface area contributed by atoms with Crippen LogP contribution in [-0.2, 0) is 6.18 Å². The Bertz CT molecular complexity index is 1120. The minimum Gasteiger partial charge on any atom is -0.486 e. The quantitative estimate of drug-likeness (QED) is 0.634.